The van der Waals surface area contributed by atoms with Crippen molar-refractivity contribution in [1.29, 1.82) is 0 Å². The van der Waals surface area contributed by atoms with Crippen LogP contribution in [0, 0.1) is 5.82 Å². The van der Waals surface area contributed by atoms with Gasteiger partial charge in [0.25, 0.3) is 0 Å². The highest BCUT2D eigenvalue weighted by molar-refractivity contribution is 5.82. The molecule has 2 N–H and O–H groups in total. The number of rotatable bonds is 4. The van der Waals surface area contributed by atoms with Crippen LogP contribution in [0.1, 0.15) is 12.0 Å². The van der Waals surface area contributed by atoms with Crippen LogP contribution in [0.15, 0.2) is 24.3 Å². The Labute approximate surface area is 112 Å². The van der Waals surface area contributed by atoms with Gasteiger partial charge in [-0.3, -0.25) is 4.79 Å². The van der Waals surface area contributed by atoms with Gasteiger partial charge in [-0.2, -0.15) is 0 Å². The van der Waals surface area contributed by atoms with E-state index in [2.05, 4.69) is 0 Å². The number of nitrogens with zero attached hydrogens (tertiary/aromatic N) is 1. The van der Waals surface area contributed by atoms with Gasteiger partial charge in [-0.1, -0.05) is 12.1 Å². The van der Waals surface area contributed by atoms with E-state index in [-0.39, 0.29) is 17.8 Å². The van der Waals surface area contributed by atoms with Crippen molar-refractivity contribution < 1.29 is 13.9 Å². The summed E-state index contributed by atoms with van der Waals surface area (Å²) >= 11 is 0. The van der Waals surface area contributed by atoms with Gasteiger partial charge in [0.1, 0.15) is 5.82 Å². The number of ether oxygens (including phenoxy) is 1. The molecule has 1 aliphatic heterocycles. The molecule has 0 spiro atoms. The molecular formula is C14H19FN2O2. The van der Waals surface area contributed by atoms with Crippen molar-refractivity contribution in [3.63, 3.8) is 0 Å². The van der Waals surface area contributed by atoms with E-state index in [0.29, 0.717) is 19.5 Å². The number of likely N-dealkylation sites (tertiary alicyclic amines) is 1. The van der Waals surface area contributed by atoms with Crippen LogP contribution in [0.3, 0.4) is 0 Å². The molecule has 1 amide bonds. The summed E-state index contributed by atoms with van der Waals surface area (Å²) in [5.74, 6) is -0.352. The summed E-state index contributed by atoms with van der Waals surface area (Å²) in [4.78, 5) is 13.9. The van der Waals surface area contributed by atoms with Crippen molar-refractivity contribution in [2.45, 2.75) is 25.0 Å². The van der Waals surface area contributed by atoms with Gasteiger partial charge in [-0.15, -0.1) is 0 Å². The van der Waals surface area contributed by atoms with E-state index in [9.17, 15) is 9.18 Å². The van der Waals surface area contributed by atoms with Crippen molar-refractivity contribution in [1.82, 2.24) is 4.90 Å². The molecule has 0 aliphatic carbocycles. The van der Waals surface area contributed by atoms with E-state index in [0.717, 1.165) is 12.0 Å². The zero-order valence-electron chi connectivity index (χ0n) is 11.0. The summed E-state index contributed by atoms with van der Waals surface area (Å²) in [6.45, 7) is 1.29. The molecule has 1 aromatic carbocycles. The van der Waals surface area contributed by atoms with Crippen LogP contribution in [-0.2, 0) is 16.0 Å². The van der Waals surface area contributed by atoms with Crippen LogP contribution in [0.25, 0.3) is 0 Å². The van der Waals surface area contributed by atoms with Gasteiger partial charge in [-0.25, -0.2) is 4.39 Å². The van der Waals surface area contributed by atoms with Crippen LogP contribution in [0.5, 0.6) is 0 Å². The number of amides is 1. The quantitative estimate of drug-likeness (QED) is 0.882. The molecular weight excluding hydrogens is 247 g/mol. The van der Waals surface area contributed by atoms with Gasteiger partial charge >= 0.3 is 0 Å². The minimum Gasteiger partial charge on any atom is -0.380 e. The predicted octanol–water partition coefficient (Wildman–Crippen LogP) is 0.943. The fraction of sp³-hybridized carbons (Fsp3) is 0.500. The second-order valence-corrected chi connectivity index (χ2v) is 4.87. The maximum absolute atomic E-state index is 12.8. The number of halogens is 1. The third-order valence-corrected chi connectivity index (χ3v) is 3.48. The lowest BCUT2D eigenvalue weighted by molar-refractivity contribution is -0.131. The third kappa shape index (κ3) is 3.52. The van der Waals surface area contributed by atoms with Gasteiger partial charge in [-0.05, 0) is 30.5 Å². The third-order valence-electron chi connectivity index (χ3n) is 3.48. The van der Waals surface area contributed by atoms with Gasteiger partial charge in [0.05, 0.1) is 12.1 Å². The van der Waals surface area contributed by atoms with Crippen molar-refractivity contribution in [3.05, 3.63) is 35.6 Å². The highest BCUT2D eigenvalue weighted by Gasteiger charge is 2.29. The minimum atomic E-state index is -0.582. The molecule has 0 unspecified atom stereocenters. The number of nitrogens with two attached hydrogens (primary N) is 1. The first-order valence-corrected chi connectivity index (χ1v) is 6.41. The lowest BCUT2D eigenvalue weighted by Crippen LogP contribution is -2.44. The first-order chi connectivity index (χ1) is 9.10. The van der Waals surface area contributed by atoms with Crippen LogP contribution in [0.2, 0.25) is 0 Å². The van der Waals surface area contributed by atoms with E-state index in [1.807, 2.05) is 0 Å². The molecule has 1 fully saturated rings. The summed E-state index contributed by atoms with van der Waals surface area (Å²) in [6.07, 6.45) is 1.39. The van der Waals surface area contributed by atoms with E-state index in [4.69, 9.17) is 10.5 Å². The number of methoxy groups -OCH3 is 1. The van der Waals surface area contributed by atoms with Crippen LogP contribution < -0.4 is 5.73 Å². The minimum absolute atomic E-state index is 0.0659. The summed E-state index contributed by atoms with van der Waals surface area (Å²) in [5, 5.41) is 0. The fourth-order valence-electron chi connectivity index (χ4n) is 2.32. The molecule has 2 atom stereocenters. The molecule has 4 nitrogen and oxygen atoms in total. The Kier molecular flexibility index (Phi) is 4.50. The molecule has 2 rings (SSSR count). The second-order valence-electron chi connectivity index (χ2n) is 4.87. The number of benzene rings is 1. The molecule has 0 aromatic heterocycles. The Morgan fingerprint density at radius 1 is 1.53 bits per heavy atom. The Hall–Kier alpha value is -1.46. The van der Waals surface area contributed by atoms with E-state index in [1.165, 1.54) is 12.1 Å². The topological polar surface area (TPSA) is 55.6 Å². The molecule has 1 heterocycles. The average molecular weight is 266 g/mol. The van der Waals surface area contributed by atoms with E-state index >= 15 is 0 Å². The lowest BCUT2D eigenvalue weighted by atomic mass is 10.1. The van der Waals surface area contributed by atoms with Crippen LogP contribution in [-0.4, -0.2) is 43.2 Å². The number of carbonyl (C=O) groups is 1. The van der Waals surface area contributed by atoms with Gasteiger partial charge in [0.15, 0.2) is 0 Å². The molecule has 1 saturated heterocycles. The van der Waals surface area contributed by atoms with Crippen molar-refractivity contribution in [3.8, 4) is 0 Å². The van der Waals surface area contributed by atoms with Crippen molar-refractivity contribution in [2.24, 2.45) is 5.73 Å². The summed E-state index contributed by atoms with van der Waals surface area (Å²) in [5.41, 5.74) is 6.79. The standard InChI is InChI=1S/C14H19FN2O2/c1-19-12-6-7-17(9-12)14(18)13(16)8-10-2-4-11(15)5-3-10/h2-5,12-13H,6-9,16H2,1H3/t12-,13+/m1/s1. The SMILES string of the molecule is CO[C@@H]1CCN(C(=O)[C@@H](N)Cc2ccc(F)cc2)C1. The van der Waals surface area contributed by atoms with E-state index < -0.39 is 6.04 Å². The largest absolute Gasteiger partial charge is 0.380 e. The van der Waals surface area contributed by atoms with Gasteiger partial charge in [0.2, 0.25) is 5.91 Å². The summed E-state index contributed by atoms with van der Waals surface area (Å²) in [6, 6.07) is 5.49. The summed E-state index contributed by atoms with van der Waals surface area (Å²) < 4.78 is 18.0. The van der Waals surface area contributed by atoms with E-state index in [1.54, 1.807) is 24.1 Å². The van der Waals surface area contributed by atoms with Crippen LogP contribution >= 0.6 is 0 Å². The zero-order chi connectivity index (χ0) is 13.8. The molecule has 104 valence electrons. The van der Waals surface area contributed by atoms with Crippen molar-refractivity contribution in [2.75, 3.05) is 20.2 Å². The van der Waals surface area contributed by atoms with Crippen molar-refractivity contribution >= 4 is 5.91 Å². The maximum atomic E-state index is 12.8. The molecule has 0 bridgehead atoms. The summed E-state index contributed by atoms with van der Waals surface area (Å²) in [7, 11) is 1.65. The normalized spacial score (nSPS) is 20.6. The predicted molar refractivity (Wildman–Crippen MR) is 70.1 cm³/mol. The van der Waals surface area contributed by atoms with Gasteiger partial charge < -0.3 is 15.4 Å². The Morgan fingerprint density at radius 3 is 2.79 bits per heavy atom. The van der Waals surface area contributed by atoms with Crippen LogP contribution in [0.4, 0.5) is 4.39 Å². The highest BCUT2D eigenvalue weighted by Crippen LogP contribution is 2.14. The molecule has 5 heteroatoms. The van der Waals surface area contributed by atoms with Gasteiger partial charge in [0, 0.05) is 20.2 Å². The molecule has 1 aliphatic rings. The highest BCUT2D eigenvalue weighted by atomic mass is 19.1. The number of hydrogen-bond acceptors (Lipinski definition) is 3. The maximum Gasteiger partial charge on any atom is 0.239 e. The average Bonchev–Trinajstić information content (AvgIpc) is 2.89. The number of carbonyl (C=O) groups excluding carboxylic acids is 1. The Bertz CT molecular complexity index is 436. The smallest absolute Gasteiger partial charge is 0.239 e. The monoisotopic (exact) mass is 266 g/mol. The Morgan fingerprint density at radius 2 is 2.21 bits per heavy atom. The Balaban J connectivity index is 1.91. The second kappa shape index (κ2) is 6.12. The first-order valence-electron chi connectivity index (χ1n) is 6.41. The fourth-order valence-corrected chi connectivity index (χ4v) is 2.32. The molecule has 0 saturated carbocycles. The lowest BCUT2D eigenvalue weighted by Gasteiger charge is -2.20. The molecule has 0 radical (unpaired) electrons. The molecule has 1 aromatic rings. The molecule has 19 heavy (non-hydrogen) atoms. The zero-order valence-corrected chi connectivity index (χ0v) is 11.0. The first kappa shape index (κ1) is 14.0. The number of hydrogen-bond donors (Lipinski definition) is 1.